The Bertz CT molecular complexity index is 1470. The minimum atomic E-state index is -0.235. The van der Waals surface area contributed by atoms with Gasteiger partial charge in [-0.3, -0.25) is 14.6 Å². The average Bonchev–Trinajstić information content (AvgIpc) is 3.14. The molecule has 1 unspecified atom stereocenters. The summed E-state index contributed by atoms with van der Waals surface area (Å²) in [6.07, 6.45) is 9.76. The predicted molar refractivity (Wildman–Crippen MR) is 165 cm³/mol. The lowest BCUT2D eigenvalue weighted by Crippen LogP contribution is -2.34. The maximum atomic E-state index is 13.3. The number of anilines is 1. The number of fused-ring (bicyclic) bond motifs is 2. The molecule has 1 aromatic heterocycles. The summed E-state index contributed by atoms with van der Waals surface area (Å²) in [7, 11) is 0. The molecule has 1 aliphatic heterocycles. The Morgan fingerprint density at radius 1 is 1.05 bits per heavy atom. The summed E-state index contributed by atoms with van der Waals surface area (Å²) in [5.41, 5.74) is 13.1. The minimum absolute atomic E-state index is 0.00700. The fraction of sp³-hybridized carbons (Fsp3) is 0.353. The molecule has 2 amide bonds. The number of aromatic nitrogens is 1. The van der Waals surface area contributed by atoms with E-state index in [1.807, 2.05) is 23.1 Å². The highest BCUT2D eigenvalue weighted by atomic mass is 16.2. The molecule has 0 spiro atoms. The van der Waals surface area contributed by atoms with E-state index in [1.54, 1.807) is 18.3 Å². The second-order valence-corrected chi connectivity index (χ2v) is 11.1. The zero-order valence-electron chi connectivity index (χ0n) is 24.0. The lowest BCUT2D eigenvalue weighted by Gasteiger charge is -2.24. The number of nitrogens with zero attached hydrogens (tertiary/aromatic N) is 3. The Balaban J connectivity index is 1.30. The molecule has 2 aliphatic rings. The van der Waals surface area contributed by atoms with Crippen molar-refractivity contribution >= 4 is 35.1 Å². The van der Waals surface area contributed by atoms with Gasteiger partial charge in [-0.1, -0.05) is 50.2 Å². The SMILES string of the molecule is CCCN(CCC)C(=O)C1=Cc2ccc(C(=O)Nc3cnc4c(c3)CC(Cc3ccccc3)CC4)cc2N=C(N)C1. The molecule has 0 bridgehead atoms. The van der Waals surface area contributed by atoms with Crippen molar-refractivity contribution < 1.29 is 9.59 Å². The van der Waals surface area contributed by atoms with Gasteiger partial charge in [0.05, 0.1) is 17.6 Å². The van der Waals surface area contributed by atoms with Gasteiger partial charge in [0, 0.05) is 41.9 Å². The highest BCUT2D eigenvalue weighted by Gasteiger charge is 2.23. The Labute approximate surface area is 242 Å². The highest BCUT2D eigenvalue weighted by Crippen LogP contribution is 2.30. The van der Waals surface area contributed by atoms with Crippen LogP contribution in [-0.4, -0.2) is 40.6 Å². The van der Waals surface area contributed by atoms with E-state index in [0.29, 0.717) is 47.4 Å². The van der Waals surface area contributed by atoms with Crippen molar-refractivity contribution in [1.29, 1.82) is 0 Å². The molecule has 0 saturated carbocycles. The topological polar surface area (TPSA) is 101 Å². The maximum Gasteiger partial charge on any atom is 0.255 e. The zero-order chi connectivity index (χ0) is 28.8. The van der Waals surface area contributed by atoms with Crippen molar-refractivity contribution in [1.82, 2.24) is 9.88 Å². The van der Waals surface area contributed by atoms with Crippen LogP contribution in [0.3, 0.4) is 0 Å². The molecule has 0 radical (unpaired) electrons. The third-order valence-corrected chi connectivity index (χ3v) is 7.79. The number of amides is 2. The van der Waals surface area contributed by atoms with E-state index >= 15 is 0 Å². The summed E-state index contributed by atoms with van der Waals surface area (Å²) in [5.74, 6) is 0.679. The van der Waals surface area contributed by atoms with Gasteiger partial charge in [-0.15, -0.1) is 0 Å². The maximum absolute atomic E-state index is 13.3. The molecule has 3 N–H and O–H groups in total. The van der Waals surface area contributed by atoms with Crippen molar-refractivity contribution in [2.24, 2.45) is 16.6 Å². The number of aliphatic imine (C=N–C) groups is 1. The summed E-state index contributed by atoms with van der Waals surface area (Å²) >= 11 is 0. The van der Waals surface area contributed by atoms with Crippen molar-refractivity contribution in [3.05, 3.63) is 94.3 Å². The smallest absolute Gasteiger partial charge is 0.255 e. The first-order valence-corrected chi connectivity index (χ1v) is 14.7. The van der Waals surface area contributed by atoms with Crippen LogP contribution in [-0.2, 0) is 24.1 Å². The van der Waals surface area contributed by atoms with Crippen LogP contribution in [0.4, 0.5) is 11.4 Å². The average molecular weight is 550 g/mol. The van der Waals surface area contributed by atoms with Crippen LogP contribution in [0.15, 0.2) is 71.4 Å². The fourth-order valence-electron chi connectivity index (χ4n) is 5.81. The largest absolute Gasteiger partial charge is 0.387 e. The number of amidine groups is 1. The number of pyridine rings is 1. The molecule has 7 nitrogen and oxygen atoms in total. The van der Waals surface area contributed by atoms with Crippen molar-refractivity contribution in [3.8, 4) is 0 Å². The van der Waals surface area contributed by atoms with E-state index in [-0.39, 0.29) is 18.2 Å². The van der Waals surface area contributed by atoms with E-state index < -0.39 is 0 Å². The Morgan fingerprint density at radius 3 is 2.59 bits per heavy atom. The first kappa shape index (κ1) is 28.3. The van der Waals surface area contributed by atoms with Gasteiger partial charge in [0.1, 0.15) is 5.84 Å². The summed E-state index contributed by atoms with van der Waals surface area (Å²) in [4.78, 5) is 37.6. The van der Waals surface area contributed by atoms with Gasteiger partial charge < -0.3 is 16.0 Å². The molecule has 0 fully saturated rings. The quantitative estimate of drug-likeness (QED) is 0.336. The predicted octanol–water partition coefficient (Wildman–Crippen LogP) is 6.11. The van der Waals surface area contributed by atoms with Crippen molar-refractivity contribution in [2.45, 2.75) is 58.8 Å². The molecule has 3 aromatic rings. The standard InChI is InChI=1S/C34H39N5O2/c1-3-14-39(15-4-2)34(41)28-18-25-11-12-26(20-31(25)38-32(35)21-28)33(40)37-29-19-27-17-24(10-13-30(27)36-22-29)16-23-8-6-5-7-9-23/h5-9,11-12,18-20,22,24H,3-4,10,13-17,21H2,1-2H3,(H2,35,38)(H,37,40). The molecule has 2 heterocycles. The molecule has 1 atom stereocenters. The van der Waals surface area contributed by atoms with Crippen LogP contribution in [0.25, 0.3) is 6.08 Å². The Morgan fingerprint density at radius 2 is 1.83 bits per heavy atom. The first-order valence-electron chi connectivity index (χ1n) is 14.7. The number of hydrogen-bond donors (Lipinski definition) is 2. The Kier molecular flexibility index (Phi) is 8.92. The number of nitrogens with one attached hydrogen (secondary N) is 1. The van der Waals surface area contributed by atoms with Crippen molar-refractivity contribution in [3.63, 3.8) is 0 Å². The van der Waals surface area contributed by atoms with Gasteiger partial charge in [0.25, 0.3) is 5.91 Å². The third-order valence-electron chi connectivity index (χ3n) is 7.79. The number of carbonyl (C=O) groups is 2. The van der Waals surface area contributed by atoms with Gasteiger partial charge in [0.2, 0.25) is 5.91 Å². The number of aryl methyl sites for hydroxylation is 1. The van der Waals surface area contributed by atoms with Crippen LogP contribution in [0.5, 0.6) is 0 Å². The summed E-state index contributed by atoms with van der Waals surface area (Å²) in [6.45, 7) is 5.55. The monoisotopic (exact) mass is 549 g/mol. The van der Waals surface area contributed by atoms with E-state index in [2.05, 4.69) is 59.5 Å². The summed E-state index contributed by atoms with van der Waals surface area (Å²) in [5, 5.41) is 3.02. The highest BCUT2D eigenvalue weighted by molar-refractivity contribution is 6.07. The molecule has 0 saturated heterocycles. The molecular formula is C34H39N5O2. The second kappa shape index (κ2) is 12.9. The second-order valence-electron chi connectivity index (χ2n) is 11.1. The van der Waals surface area contributed by atoms with E-state index in [0.717, 1.165) is 49.8 Å². The molecule has 41 heavy (non-hydrogen) atoms. The van der Waals surface area contributed by atoms with E-state index in [4.69, 9.17) is 5.73 Å². The third kappa shape index (κ3) is 6.91. The first-order chi connectivity index (χ1) is 19.9. The van der Waals surface area contributed by atoms with Crippen LogP contribution >= 0.6 is 0 Å². The van der Waals surface area contributed by atoms with Crippen molar-refractivity contribution in [2.75, 3.05) is 18.4 Å². The van der Waals surface area contributed by atoms with Gasteiger partial charge in [0.15, 0.2) is 0 Å². The number of carbonyl (C=O) groups excluding carboxylic acids is 2. The minimum Gasteiger partial charge on any atom is -0.387 e. The van der Waals surface area contributed by atoms with Gasteiger partial charge in [-0.25, -0.2) is 4.99 Å². The number of hydrogen-bond acceptors (Lipinski definition) is 5. The zero-order valence-corrected chi connectivity index (χ0v) is 24.0. The van der Waals surface area contributed by atoms with Gasteiger partial charge >= 0.3 is 0 Å². The summed E-state index contributed by atoms with van der Waals surface area (Å²) in [6, 6.07) is 18.0. The van der Waals surface area contributed by atoms with Crippen LogP contribution < -0.4 is 11.1 Å². The molecule has 212 valence electrons. The molecule has 2 aromatic carbocycles. The molecule has 1 aliphatic carbocycles. The van der Waals surface area contributed by atoms with Gasteiger partial charge in [-0.05, 0) is 79.8 Å². The normalized spacial score (nSPS) is 16.0. The fourth-order valence-corrected chi connectivity index (χ4v) is 5.81. The van der Waals surface area contributed by atoms with E-state index in [9.17, 15) is 9.59 Å². The van der Waals surface area contributed by atoms with Crippen LogP contribution in [0, 0.1) is 5.92 Å². The Hall–Kier alpha value is -4.26. The molecule has 7 heteroatoms. The van der Waals surface area contributed by atoms with Gasteiger partial charge in [-0.2, -0.15) is 0 Å². The number of benzene rings is 2. The van der Waals surface area contributed by atoms with E-state index in [1.165, 1.54) is 11.1 Å². The van der Waals surface area contributed by atoms with Crippen LogP contribution in [0.2, 0.25) is 0 Å². The molecule has 5 rings (SSSR count). The lowest BCUT2D eigenvalue weighted by atomic mass is 9.83. The summed E-state index contributed by atoms with van der Waals surface area (Å²) < 4.78 is 0. The number of nitrogens with two attached hydrogens (primary N) is 1. The molecular weight excluding hydrogens is 510 g/mol. The van der Waals surface area contributed by atoms with Crippen LogP contribution in [0.1, 0.15) is 72.3 Å². The lowest BCUT2D eigenvalue weighted by molar-refractivity contribution is -0.127. The number of rotatable bonds is 9.